The molecule has 1 aliphatic rings. The summed E-state index contributed by atoms with van der Waals surface area (Å²) in [5, 5.41) is 0. The second-order valence-corrected chi connectivity index (χ2v) is 8.22. The van der Waals surface area contributed by atoms with E-state index in [9.17, 15) is 14.4 Å². The molecule has 180 valence electrons. The summed E-state index contributed by atoms with van der Waals surface area (Å²) < 4.78 is 15.7. The Bertz CT molecular complexity index is 737. The molecule has 1 aromatic rings. The molecule has 1 fully saturated rings. The minimum Gasteiger partial charge on any atom is -0.497 e. The maximum Gasteiger partial charge on any atom is 0.320 e. The SMILES string of the molecule is C.C.C.C.CCC(C)(CC1(C)CC(=O)OC1=O)C(=O)OC(C)(C)c1ccc(OC)cc1. The molecule has 6 nitrogen and oxygen atoms in total. The fraction of sp³-hybridized carbons (Fsp3) is 0.640. The summed E-state index contributed by atoms with van der Waals surface area (Å²) in [6.07, 6.45) is 0.650. The number of rotatable bonds is 7. The summed E-state index contributed by atoms with van der Waals surface area (Å²) >= 11 is 0. The fourth-order valence-electron chi connectivity index (χ4n) is 3.40. The summed E-state index contributed by atoms with van der Waals surface area (Å²) in [7, 11) is 1.59. The first-order valence-corrected chi connectivity index (χ1v) is 9.09. The summed E-state index contributed by atoms with van der Waals surface area (Å²) in [6.45, 7) is 8.93. The molecule has 0 spiro atoms. The van der Waals surface area contributed by atoms with Crippen LogP contribution in [0.1, 0.15) is 89.2 Å². The van der Waals surface area contributed by atoms with E-state index in [-0.39, 0.29) is 42.5 Å². The normalized spacial score (nSPS) is 19.3. The van der Waals surface area contributed by atoms with Crippen LogP contribution in [-0.4, -0.2) is 25.0 Å². The maximum atomic E-state index is 13.0. The summed E-state index contributed by atoms with van der Waals surface area (Å²) in [5.41, 5.74) is -1.95. The van der Waals surface area contributed by atoms with Crippen molar-refractivity contribution in [3.8, 4) is 5.75 Å². The van der Waals surface area contributed by atoms with E-state index >= 15 is 0 Å². The number of cyclic esters (lactones) is 2. The lowest BCUT2D eigenvalue weighted by Crippen LogP contribution is -2.40. The van der Waals surface area contributed by atoms with Gasteiger partial charge in [0.25, 0.3) is 0 Å². The number of carbonyl (C=O) groups is 3. The summed E-state index contributed by atoms with van der Waals surface area (Å²) in [5.74, 6) is -0.807. The second-order valence-electron chi connectivity index (χ2n) is 8.22. The van der Waals surface area contributed by atoms with E-state index in [1.165, 1.54) is 0 Å². The molecular formula is C25H44O6. The van der Waals surface area contributed by atoms with Gasteiger partial charge in [-0.25, -0.2) is 0 Å². The molecule has 1 aromatic carbocycles. The van der Waals surface area contributed by atoms with Gasteiger partial charge in [-0.15, -0.1) is 0 Å². The van der Waals surface area contributed by atoms with Gasteiger partial charge in [0, 0.05) is 0 Å². The number of hydrogen-bond acceptors (Lipinski definition) is 6. The molecule has 0 bridgehead atoms. The molecule has 0 aliphatic carbocycles. The molecule has 1 saturated heterocycles. The van der Waals surface area contributed by atoms with E-state index in [0.717, 1.165) is 11.3 Å². The largest absolute Gasteiger partial charge is 0.497 e. The first kappa shape index (κ1) is 33.3. The third kappa shape index (κ3) is 7.08. The van der Waals surface area contributed by atoms with Crippen LogP contribution >= 0.6 is 0 Å². The Hall–Kier alpha value is -2.37. The molecule has 0 amide bonds. The molecule has 1 heterocycles. The van der Waals surface area contributed by atoms with E-state index in [0.29, 0.717) is 6.42 Å². The predicted octanol–water partition coefficient (Wildman–Crippen LogP) is 6.30. The smallest absolute Gasteiger partial charge is 0.320 e. The van der Waals surface area contributed by atoms with E-state index in [2.05, 4.69) is 0 Å². The van der Waals surface area contributed by atoms with Crippen LogP contribution in [0.4, 0.5) is 0 Å². The van der Waals surface area contributed by atoms with Crippen molar-refractivity contribution in [2.75, 3.05) is 7.11 Å². The molecule has 2 unspecified atom stereocenters. The van der Waals surface area contributed by atoms with Crippen molar-refractivity contribution in [3.63, 3.8) is 0 Å². The molecule has 31 heavy (non-hydrogen) atoms. The van der Waals surface area contributed by atoms with Crippen LogP contribution in [0.5, 0.6) is 5.75 Å². The Morgan fingerprint density at radius 1 is 1.06 bits per heavy atom. The van der Waals surface area contributed by atoms with Crippen molar-refractivity contribution >= 4 is 17.9 Å². The van der Waals surface area contributed by atoms with Crippen LogP contribution in [0.3, 0.4) is 0 Å². The quantitative estimate of drug-likeness (QED) is 0.365. The zero-order valence-corrected chi connectivity index (χ0v) is 16.9. The standard InChI is InChI=1S/C21H28O6.4CH4/c1-7-20(4,13-21(5)12-16(22)26-17(21)23)18(24)27-19(2,3)14-8-10-15(25-6)11-9-14;;;;/h8-11H,7,12-13H2,1-6H3;4*1H4. The van der Waals surface area contributed by atoms with E-state index in [1.54, 1.807) is 21.0 Å². The number of benzene rings is 1. The van der Waals surface area contributed by atoms with Crippen molar-refractivity contribution < 1.29 is 28.6 Å². The number of esters is 3. The highest BCUT2D eigenvalue weighted by Gasteiger charge is 2.51. The molecule has 0 radical (unpaired) electrons. The maximum absolute atomic E-state index is 13.0. The monoisotopic (exact) mass is 440 g/mol. The van der Waals surface area contributed by atoms with Gasteiger partial charge in [-0.2, -0.15) is 0 Å². The third-order valence-electron chi connectivity index (χ3n) is 5.42. The van der Waals surface area contributed by atoms with Crippen LogP contribution < -0.4 is 4.74 Å². The van der Waals surface area contributed by atoms with Gasteiger partial charge in [0.1, 0.15) is 11.4 Å². The Kier molecular flexibility index (Phi) is 12.7. The van der Waals surface area contributed by atoms with Crippen LogP contribution in [0.15, 0.2) is 24.3 Å². The number of ether oxygens (including phenoxy) is 3. The van der Waals surface area contributed by atoms with Gasteiger partial charge in [0.05, 0.1) is 24.4 Å². The topological polar surface area (TPSA) is 78.9 Å². The minimum atomic E-state index is -1.01. The van der Waals surface area contributed by atoms with E-state index in [1.807, 2.05) is 45.0 Å². The molecule has 1 aliphatic heterocycles. The van der Waals surface area contributed by atoms with E-state index < -0.39 is 34.3 Å². The molecule has 0 saturated carbocycles. The molecule has 0 N–H and O–H groups in total. The average molecular weight is 441 g/mol. The highest BCUT2D eigenvalue weighted by molar-refractivity contribution is 5.97. The van der Waals surface area contributed by atoms with E-state index in [4.69, 9.17) is 14.2 Å². The zero-order chi connectivity index (χ0) is 20.5. The summed E-state index contributed by atoms with van der Waals surface area (Å²) in [4.78, 5) is 36.6. The lowest BCUT2D eigenvalue weighted by atomic mass is 9.70. The van der Waals surface area contributed by atoms with Gasteiger partial charge in [0.15, 0.2) is 0 Å². The minimum absolute atomic E-state index is 0. The molecule has 0 aromatic heterocycles. The predicted molar refractivity (Wildman–Crippen MR) is 126 cm³/mol. The Morgan fingerprint density at radius 3 is 1.97 bits per heavy atom. The zero-order valence-electron chi connectivity index (χ0n) is 16.9. The van der Waals surface area contributed by atoms with Crippen LogP contribution in [-0.2, 0) is 29.5 Å². The van der Waals surface area contributed by atoms with Crippen LogP contribution in [0.25, 0.3) is 0 Å². The molecule has 6 heteroatoms. The molecule has 2 rings (SSSR count). The van der Waals surface area contributed by atoms with Crippen molar-refractivity contribution in [1.82, 2.24) is 0 Å². The van der Waals surface area contributed by atoms with Crippen molar-refractivity contribution in [2.24, 2.45) is 10.8 Å². The van der Waals surface area contributed by atoms with Gasteiger partial charge in [0.2, 0.25) is 0 Å². The lowest BCUT2D eigenvalue weighted by molar-refractivity contribution is -0.172. The molecule has 2 atom stereocenters. The second kappa shape index (κ2) is 11.9. The summed E-state index contributed by atoms with van der Waals surface area (Å²) in [6, 6.07) is 7.32. The van der Waals surface area contributed by atoms with Crippen LogP contribution in [0.2, 0.25) is 0 Å². The van der Waals surface area contributed by atoms with Crippen molar-refractivity contribution in [2.45, 2.75) is 89.2 Å². The highest BCUT2D eigenvalue weighted by atomic mass is 16.6. The lowest BCUT2D eigenvalue weighted by Gasteiger charge is -2.36. The van der Waals surface area contributed by atoms with Crippen LogP contribution in [0, 0.1) is 10.8 Å². The first-order chi connectivity index (χ1) is 12.5. The van der Waals surface area contributed by atoms with Crippen molar-refractivity contribution in [3.05, 3.63) is 29.8 Å². The Balaban J connectivity index is -0.00000196. The van der Waals surface area contributed by atoms with Gasteiger partial charge in [-0.05, 0) is 58.2 Å². The van der Waals surface area contributed by atoms with Gasteiger partial charge in [-0.3, -0.25) is 14.4 Å². The number of carbonyl (C=O) groups excluding carboxylic acids is 3. The first-order valence-electron chi connectivity index (χ1n) is 9.09. The van der Waals surface area contributed by atoms with Gasteiger partial charge < -0.3 is 14.2 Å². The highest BCUT2D eigenvalue weighted by Crippen LogP contribution is 2.44. The number of hydrogen-bond donors (Lipinski definition) is 0. The Labute approximate surface area is 189 Å². The molecular weight excluding hydrogens is 396 g/mol. The Morgan fingerprint density at radius 2 is 1.58 bits per heavy atom. The van der Waals surface area contributed by atoms with Gasteiger partial charge in [-0.1, -0.05) is 48.8 Å². The van der Waals surface area contributed by atoms with Crippen molar-refractivity contribution in [1.29, 1.82) is 0 Å². The third-order valence-corrected chi connectivity index (χ3v) is 5.42. The fourth-order valence-corrected chi connectivity index (χ4v) is 3.40. The number of methoxy groups -OCH3 is 1. The average Bonchev–Trinajstić information content (AvgIpc) is 2.85. The van der Waals surface area contributed by atoms with Gasteiger partial charge >= 0.3 is 17.9 Å².